The molecular weight excluding hydrogens is 266 g/mol. The minimum Gasteiger partial charge on any atom is -0.305 e. The van der Waals surface area contributed by atoms with Gasteiger partial charge in [-0.2, -0.15) is 0 Å². The zero-order valence-corrected chi connectivity index (χ0v) is 12.2. The lowest BCUT2D eigenvalue weighted by molar-refractivity contribution is -0.121. The van der Waals surface area contributed by atoms with Gasteiger partial charge in [0.05, 0.1) is 11.3 Å². The lowest BCUT2D eigenvalue weighted by Crippen LogP contribution is -2.32. The van der Waals surface area contributed by atoms with Gasteiger partial charge in [-0.05, 0) is 43.4 Å². The number of rotatable bonds is 4. The molecule has 4 heteroatoms. The van der Waals surface area contributed by atoms with Crippen molar-refractivity contribution < 1.29 is 14.4 Å². The highest BCUT2D eigenvalue weighted by molar-refractivity contribution is 6.52. The summed E-state index contributed by atoms with van der Waals surface area (Å²) in [5.74, 6) is -0.511. The maximum Gasteiger partial charge on any atom is 0.299 e. The number of carbonyl (C=O) groups excluding carboxylic acids is 3. The van der Waals surface area contributed by atoms with E-state index in [0.29, 0.717) is 36.4 Å². The van der Waals surface area contributed by atoms with E-state index in [4.69, 9.17) is 0 Å². The second-order valence-corrected chi connectivity index (χ2v) is 5.84. The molecule has 1 atom stereocenters. The van der Waals surface area contributed by atoms with Crippen LogP contribution in [0.5, 0.6) is 0 Å². The fraction of sp³-hybridized carbons (Fsp3) is 0.471. The summed E-state index contributed by atoms with van der Waals surface area (Å²) in [5.41, 5.74) is 2.27. The van der Waals surface area contributed by atoms with Gasteiger partial charge in [-0.1, -0.05) is 13.0 Å². The lowest BCUT2D eigenvalue weighted by atomic mass is 10.0. The predicted molar refractivity (Wildman–Crippen MR) is 79.5 cm³/mol. The fourth-order valence-corrected chi connectivity index (χ4v) is 3.27. The van der Waals surface area contributed by atoms with E-state index in [9.17, 15) is 14.4 Å². The highest BCUT2D eigenvalue weighted by Gasteiger charge is 2.36. The van der Waals surface area contributed by atoms with Crippen LogP contribution in [0.1, 0.15) is 48.5 Å². The van der Waals surface area contributed by atoms with Crippen LogP contribution in [-0.4, -0.2) is 24.0 Å². The summed E-state index contributed by atoms with van der Waals surface area (Å²) in [5, 5.41) is 0. The van der Waals surface area contributed by atoms with Crippen molar-refractivity contribution in [3.05, 3.63) is 29.3 Å². The molecule has 2 aliphatic rings. The monoisotopic (exact) mass is 285 g/mol. The van der Waals surface area contributed by atoms with Crippen LogP contribution in [0.4, 0.5) is 5.69 Å². The Labute approximate surface area is 124 Å². The van der Waals surface area contributed by atoms with E-state index in [1.807, 2.05) is 25.1 Å². The van der Waals surface area contributed by atoms with Crippen LogP contribution in [0.15, 0.2) is 18.2 Å². The van der Waals surface area contributed by atoms with E-state index in [0.717, 1.165) is 24.8 Å². The SMILES string of the molecule is CCc1ccc2c(c1)C(=O)C(=O)N2CCC1CCCC1=O. The highest BCUT2D eigenvalue weighted by atomic mass is 16.2. The fourth-order valence-electron chi connectivity index (χ4n) is 3.27. The molecule has 1 aliphatic heterocycles. The van der Waals surface area contributed by atoms with Gasteiger partial charge < -0.3 is 4.90 Å². The van der Waals surface area contributed by atoms with E-state index in [-0.39, 0.29) is 5.92 Å². The van der Waals surface area contributed by atoms with Gasteiger partial charge in [0.2, 0.25) is 0 Å². The van der Waals surface area contributed by atoms with Crippen LogP contribution in [-0.2, 0) is 16.0 Å². The Balaban J connectivity index is 1.79. The lowest BCUT2D eigenvalue weighted by Gasteiger charge is -2.18. The molecule has 1 fully saturated rings. The summed E-state index contributed by atoms with van der Waals surface area (Å²) in [7, 11) is 0. The van der Waals surface area contributed by atoms with Crippen molar-refractivity contribution in [2.24, 2.45) is 5.92 Å². The number of benzene rings is 1. The van der Waals surface area contributed by atoms with Gasteiger partial charge in [-0.15, -0.1) is 0 Å². The van der Waals surface area contributed by atoms with Crippen molar-refractivity contribution in [3.63, 3.8) is 0 Å². The van der Waals surface area contributed by atoms with E-state index in [1.165, 1.54) is 0 Å². The smallest absolute Gasteiger partial charge is 0.299 e. The number of hydrogen-bond acceptors (Lipinski definition) is 3. The first-order valence-electron chi connectivity index (χ1n) is 7.63. The third-order valence-electron chi connectivity index (χ3n) is 4.58. The third-order valence-corrected chi connectivity index (χ3v) is 4.58. The number of nitrogens with zero attached hydrogens (tertiary/aromatic N) is 1. The summed E-state index contributed by atoms with van der Waals surface area (Å²) in [6.07, 6.45) is 4.02. The van der Waals surface area contributed by atoms with E-state index < -0.39 is 11.7 Å². The molecule has 4 nitrogen and oxygen atoms in total. The van der Waals surface area contributed by atoms with Crippen LogP contribution < -0.4 is 4.90 Å². The average molecular weight is 285 g/mol. The Morgan fingerprint density at radius 1 is 1.24 bits per heavy atom. The Morgan fingerprint density at radius 3 is 2.71 bits per heavy atom. The topological polar surface area (TPSA) is 54.5 Å². The summed E-state index contributed by atoms with van der Waals surface area (Å²) < 4.78 is 0. The zero-order chi connectivity index (χ0) is 15.0. The number of carbonyl (C=O) groups is 3. The number of amides is 1. The van der Waals surface area contributed by atoms with Gasteiger partial charge in [0.25, 0.3) is 11.7 Å². The Hall–Kier alpha value is -1.97. The van der Waals surface area contributed by atoms with Crippen LogP contribution in [0.25, 0.3) is 0 Å². The number of ketones is 2. The quantitative estimate of drug-likeness (QED) is 0.799. The first kappa shape index (κ1) is 14.0. The van der Waals surface area contributed by atoms with Crippen LogP contribution in [0.3, 0.4) is 0 Å². The maximum atomic E-state index is 12.1. The Morgan fingerprint density at radius 2 is 2.05 bits per heavy atom. The highest BCUT2D eigenvalue weighted by Crippen LogP contribution is 2.32. The van der Waals surface area contributed by atoms with Crippen molar-refractivity contribution in [3.8, 4) is 0 Å². The first-order chi connectivity index (χ1) is 10.1. The van der Waals surface area contributed by atoms with Crippen LogP contribution >= 0.6 is 0 Å². The second-order valence-electron chi connectivity index (χ2n) is 5.84. The molecule has 1 aromatic rings. The second kappa shape index (κ2) is 5.43. The summed E-state index contributed by atoms with van der Waals surface area (Å²) in [6, 6.07) is 5.63. The molecule has 1 unspecified atom stereocenters. The first-order valence-corrected chi connectivity index (χ1v) is 7.63. The summed E-state index contributed by atoms with van der Waals surface area (Å²) in [6.45, 7) is 2.48. The van der Waals surface area contributed by atoms with Crippen molar-refractivity contribution >= 4 is 23.2 Å². The number of Topliss-reactive ketones (excluding diaryl/α,β-unsaturated/α-hetero) is 2. The molecule has 1 heterocycles. The van der Waals surface area contributed by atoms with Crippen molar-refractivity contribution in [1.29, 1.82) is 0 Å². The molecule has 21 heavy (non-hydrogen) atoms. The van der Waals surface area contributed by atoms with Gasteiger partial charge in [-0.3, -0.25) is 14.4 Å². The van der Waals surface area contributed by atoms with Gasteiger partial charge in [0.15, 0.2) is 0 Å². The average Bonchev–Trinajstić information content (AvgIpc) is 3.00. The zero-order valence-electron chi connectivity index (χ0n) is 12.2. The number of fused-ring (bicyclic) bond motifs is 1. The minimum atomic E-state index is -0.455. The maximum absolute atomic E-state index is 12.1. The molecule has 0 saturated heterocycles. The molecule has 1 saturated carbocycles. The van der Waals surface area contributed by atoms with Gasteiger partial charge in [0.1, 0.15) is 5.78 Å². The Kier molecular flexibility index (Phi) is 3.62. The predicted octanol–water partition coefficient (Wildman–Crippen LogP) is 2.54. The third kappa shape index (κ3) is 2.39. The standard InChI is InChI=1S/C17H19NO3/c1-2-11-6-7-14-13(10-11)16(20)17(21)18(14)9-8-12-4-3-5-15(12)19/h6-7,10,12H,2-5,8-9H2,1H3. The van der Waals surface area contributed by atoms with Gasteiger partial charge in [-0.25, -0.2) is 0 Å². The molecule has 0 aromatic heterocycles. The van der Waals surface area contributed by atoms with Crippen molar-refractivity contribution in [2.45, 2.75) is 39.0 Å². The molecule has 3 rings (SSSR count). The molecule has 0 radical (unpaired) electrons. The van der Waals surface area contributed by atoms with Crippen LogP contribution in [0.2, 0.25) is 0 Å². The molecule has 1 aliphatic carbocycles. The molecule has 110 valence electrons. The molecular formula is C17H19NO3. The molecule has 1 aromatic carbocycles. The number of anilines is 1. The van der Waals surface area contributed by atoms with Crippen molar-refractivity contribution in [1.82, 2.24) is 0 Å². The molecule has 1 amide bonds. The largest absolute Gasteiger partial charge is 0.305 e. The molecule has 0 spiro atoms. The van der Waals surface area contributed by atoms with E-state index in [1.54, 1.807) is 4.90 Å². The summed E-state index contributed by atoms with van der Waals surface area (Å²) >= 11 is 0. The minimum absolute atomic E-state index is 0.0619. The Bertz CT molecular complexity index is 620. The van der Waals surface area contributed by atoms with Gasteiger partial charge >= 0.3 is 0 Å². The molecule has 0 bridgehead atoms. The van der Waals surface area contributed by atoms with Gasteiger partial charge in [0, 0.05) is 18.9 Å². The molecule has 0 N–H and O–H groups in total. The van der Waals surface area contributed by atoms with E-state index in [2.05, 4.69) is 0 Å². The van der Waals surface area contributed by atoms with Crippen molar-refractivity contribution in [2.75, 3.05) is 11.4 Å². The summed E-state index contributed by atoms with van der Waals surface area (Å²) in [4.78, 5) is 37.4. The van der Waals surface area contributed by atoms with E-state index >= 15 is 0 Å². The van der Waals surface area contributed by atoms with Crippen LogP contribution in [0, 0.1) is 5.92 Å². The normalized spacial score (nSPS) is 21.3. The number of hydrogen-bond donors (Lipinski definition) is 0. The number of aryl methyl sites for hydroxylation is 1.